The lowest BCUT2D eigenvalue weighted by Crippen LogP contribution is -2.39. The molecule has 0 radical (unpaired) electrons. The maximum Gasteiger partial charge on any atom is 0.229 e. The van der Waals surface area contributed by atoms with Crippen LogP contribution >= 0.6 is 12.2 Å². The normalized spacial score (nSPS) is 11.1. The molecule has 10 heteroatoms. The molecule has 0 aliphatic heterocycles. The summed E-state index contributed by atoms with van der Waals surface area (Å²) >= 11 is 5.46. The Bertz CT molecular complexity index is 998. The molecule has 3 aromatic rings. The molecule has 0 spiro atoms. The molecule has 0 fully saturated rings. The number of aryl methyl sites for hydroxylation is 2. The van der Waals surface area contributed by atoms with Gasteiger partial charge in [-0.05, 0) is 63.3 Å². The van der Waals surface area contributed by atoms with Crippen LogP contribution in [-0.4, -0.2) is 44.2 Å². The van der Waals surface area contributed by atoms with Gasteiger partial charge in [0.25, 0.3) is 0 Å². The van der Waals surface area contributed by atoms with Crippen LogP contribution in [0.2, 0.25) is 0 Å². The molecule has 0 aliphatic rings. The Kier molecular flexibility index (Phi) is 7.88. The molecule has 2 heterocycles. The molecule has 0 atom stereocenters. The maximum absolute atomic E-state index is 5.46. The highest BCUT2D eigenvalue weighted by molar-refractivity contribution is 7.80. The van der Waals surface area contributed by atoms with Gasteiger partial charge >= 0.3 is 0 Å². The van der Waals surface area contributed by atoms with Crippen LogP contribution in [-0.2, 0) is 6.42 Å². The number of aromatic nitrogens is 4. The first-order chi connectivity index (χ1) is 15.0. The zero-order chi connectivity index (χ0) is 22.1. The van der Waals surface area contributed by atoms with Crippen LogP contribution in [0.4, 0.5) is 11.6 Å². The standard InChI is InChI=1S/C21H26N8OS/c1-4-30-18-7-5-16(6-8-18)27-21(31)29-19(23-10-9-17-12-22-13-24-17)28-20-25-14(2)11-15(3)26-20/h5-8,11-13H,4,9-10H2,1-3H3,(H,22,24)(H3,23,25,26,27,28,29,31). The average molecular weight is 439 g/mol. The highest BCUT2D eigenvalue weighted by Gasteiger charge is 2.08. The van der Waals surface area contributed by atoms with Gasteiger partial charge in [0.2, 0.25) is 11.9 Å². The van der Waals surface area contributed by atoms with Crippen molar-refractivity contribution in [2.75, 3.05) is 23.8 Å². The maximum atomic E-state index is 5.46. The number of hydrogen-bond acceptors (Lipinski definition) is 6. The fourth-order valence-electron chi connectivity index (χ4n) is 2.78. The predicted molar refractivity (Wildman–Crippen MR) is 127 cm³/mol. The summed E-state index contributed by atoms with van der Waals surface area (Å²) in [5, 5.41) is 9.75. The van der Waals surface area contributed by atoms with Crippen LogP contribution < -0.4 is 20.7 Å². The second kappa shape index (κ2) is 11.0. The van der Waals surface area contributed by atoms with E-state index in [-0.39, 0.29) is 0 Å². The Morgan fingerprint density at radius 3 is 2.52 bits per heavy atom. The zero-order valence-corrected chi connectivity index (χ0v) is 18.6. The molecule has 162 valence electrons. The number of hydrogen-bond donors (Lipinski definition) is 4. The van der Waals surface area contributed by atoms with Gasteiger partial charge < -0.3 is 20.4 Å². The van der Waals surface area contributed by atoms with Crippen molar-refractivity contribution in [3.8, 4) is 5.75 Å². The number of thiocarbonyl (C=S) groups is 1. The first kappa shape index (κ1) is 22.2. The van der Waals surface area contributed by atoms with Gasteiger partial charge in [-0.3, -0.25) is 10.3 Å². The summed E-state index contributed by atoms with van der Waals surface area (Å²) in [7, 11) is 0. The molecular formula is C21H26N8OS. The van der Waals surface area contributed by atoms with Crippen molar-refractivity contribution >= 4 is 34.9 Å². The van der Waals surface area contributed by atoms with Gasteiger partial charge in [-0.2, -0.15) is 0 Å². The average Bonchev–Trinajstić information content (AvgIpc) is 3.22. The third-order valence-corrected chi connectivity index (χ3v) is 4.28. The van der Waals surface area contributed by atoms with E-state index < -0.39 is 0 Å². The fraction of sp³-hybridized carbons (Fsp3) is 0.286. The lowest BCUT2D eigenvalue weighted by Gasteiger charge is -2.14. The van der Waals surface area contributed by atoms with E-state index >= 15 is 0 Å². The summed E-state index contributed by atoms with van der Waals surface area (Å²) < 4.78 is 5.46. The third kappa shape index (κ3) is 7.34. The van der Waals surface area contributed by atoms with Crippen molar-refractivity contribution < 1.29 is 4.74 Å². The van der Waals surface area contributed by atoms with Crippen LogP contribution in [0.3, 0.4) is 0 Å². The van der Waals surface area contributed by atoms with Crippen molar-refractivity contribution in [1.29, 1.82) is 0 Å². The van der Waals surface area contributed by atoms with Gasteiger partial charge in [0, 0.05) is 41.9 Å². The lowest BCUT2D eigenvalue weighted by atomic mass is 10.3. The van der Waals surface area contributed by atoms with E-state index in [2.05, 4.69) is 40.9 Å². The second-order valence-electron chi connectivity index (χ2n) is 6.69. The van der Waals surface area contributed by atoms with Crippen LogP contribution in [0.1, 0.15) is 24.0 Å². The van der Waals surface area contributed by atoms with Crippen LogP contribution in [0.15, 0.2) is 47.8 Å². The van der Waals surface area contributed by atoms with Gasteiger partial charge in [0.05, 0.1) is 12.9 Å². The Morgan fingerprint density at radius 2 is 1.87 bits per heavy atom. The van der Waals surface area contributed by atoms with Crippen LogP contribution in [0.25, 0.3) is 0 Å². The minimum Gasteiger partial charge on any atom is -0.494 e. The second-order valence-corrected chi connectivity index (χ2v) is 7.10. The molecule has 0 unspecified atom stereocenters. The van der Waals surface area contributed by atoms with Crippen LogP contribution in [0.5, 0.6) is 5.75 Å². The lowest BCUT2D eigenvalue weighted by molar-refractivity contribution is 0.340. The van der Waals surface area contributed by atoms with Gasteiger partial charge in [-0.1, -0.05) is 0 Å². The molecule has 2 aromatic heterocycles. The smallest absolute Gasteiger partial charge is 0.229 e. The van der Waals surface area contributed by atoms with Crippen molar-refractivity contribution in [2.45, 2.75) is 27.2 Å². The monoisotopic (exact) mass is 438 g/mol. The largest absolute Gasteiger partial charge is 0.494 e. The van der Waals surface area contributed by atoms with E-state index in [1.807, 2.05) is 51.1 Å². The summed E-state index contributed by atoms with van der Waals surface area (Å²) in [4.78, 5) is 20.5. The number of aromatic amines is 1. The van der Waals surface area contributed by atoms with Gasteiger partial charge in [0.15, 0.2) is 5.11 Å². The van der Waals surface area contributed by atoms with E-state index in [1.54, 1.807) is 12.5 Å². The van der Waals surface area contributed by atoms with Crippen molar-refractivity contribution in [1.82, 2.24) is 25.3 Å². The molecule has 1 aromatic carbocycles. The predicted octanol–water partition coefficient (Wildman–Crippen LogP) is 3.21. The molecule has 0 bridgehead atoms. The number of aliphatic imine (C=N–C) groups is 1. The molecule has 0 amide bonds. The van der Waals surface area contributed by atoms with E-state index in [0.29, 0.717) is 36.6 Å². The topological polar surface area (TPSA) is 112 Å². The summed E-state index contributed by atoms with van der Waals surface area (Å²) in [6, 6.07) is 9.47. The highest BCUT2D eigenvalue weighted by atomic mass is 32.1. The zero-order valence-electron chi connectivity index (χ0n) is 17.8. The SMILES string of the molecule is CCOc1ccc(NC(=S)NC(=NCCc2cnc[nH]2)Nc2nc(C)cc(C)n2)cc1. The number of H-pyrrole nitrogens is 1. The molecule has 0 aliphatic carbocycles. The molecule has 4 N–H and O–H groups in total. The first-order valence-electron chi connectivity index (χ1n) is 9.93. The number of guanidine groups is 1. The Labute approximate surface area is 186 Å². The Balaban J connectivity index is 1.67. The van der Waals surface area contributed by atoms with E-state index in [9.17, 15) is 0 Å². The van der Waals surface area contributed by atoms with E-state index in [1.165, 1.54) is 0 Å². The number of rotatable bonds is 7. The van der Waals surface area contributed by atoms with Crippen LogP contribution in [0, 0.1) is 13.8 Å². The van der Waals surface area contributed by atoms with Gasteiger partial charge in [-0.25, -0.2) is 15.0 Å². The summed E-state index contributed by atoms with van der Waals surface area (Å²) in [6.45, 7) is 6.93. The minimum absolute atomic E-state index is 0.390. The highest BCUT2D eigenvalue weighted by Crippen LogP contribution is 2.15. The summed E-state index contributed by atoms with van der Waals surface area (Å²) in [5.74, 6) is 1.71. The first-order valence-corrected chi connectivity index (χ1v) is 10.3. The molecule has 0 saturated carbocycles. The quantitative estimate of drug-likeness (QED) is 0.253. The number of nitrogens with zero attached hydrogens (tertiary/aromatic N) is 4. The van der Waals surface area contributed by atoms with Crippen molar-refractivity contribution in [3.63, 3.8) is 0 Å². The molecule has 9 nitrogen and oxygen atoms in total. The summed E-state index contributed by atoms with van der Waals surface area (Å²) in [6.07, 6.45) is 4.14. The number of nitrogens with one attached hydrogen (secondary N) is 4. The Morgan fingerprint density at radius 1 is 1.13 bits per heavy atom. The van der Waals surface area contributed by atoms with E-state index in [4.69, 9.17) is 17.0 Å². The summed E-state index contributed by atoms with van der Waals surface area (Å²) in [5.41, 5.74) is 3.56. The van der Waals surface area contributed by atoms with Crippen molar-refractivity contribution in [3.05, 3.63) is 59.9 Å². The van der Waals surface area contributed by atoms with Gasteiger partial charge in [-0.15, -0.1) is 0 Å². The third-order valence-electron chi connectivity index (χ3n) is 4.07. The Hall–Kier alpha value is -3.53. The number of ether oxygens (including phenoxy) is 1. The van der Waals surface area contributed by atoms with E-state index in [0.717, 1.165) is 28.5 Å². The minimum atomic E-state index is 0.390. The molecule has 3 rings (SSSR count). The molecular weight excluding hydrogens is 412 g/mol. The van der Waals surface area contributed by atoms with Gasteiger partial charge in [0.1, 0.15) is 5.75 Å². The molecule has 31 heavy (non-hydrogen) atoms. The van der Waals surface area contributed by atoms with Crippen molar-refractivity contribution in [2.24, 2.45) is 4.99 Å². The fourth-order valence-corrected chi connectivity index (χ4v) is 2.99. The number of benzene rings is 1. The number of imidazole rings is 1. The number of anilines is 2. The molecule has 0 saturated heterocycles.